The summed E-state index contributed by atoms with van der Waals surface area (Å²) in [5, 5.41) is 0. The lowest BCUT2D eigenvalue weighted by Crippen LogP contribution is -2.80. The fourth-order valence-electron chi connectivity index (χ4n) is 3.93. The van der Waals surface area contributed by atoms with Gasteiger partial charge in [0.2, 0.25) is 5.91 Å². The van der Waals surface area contributed by atoms with E-state index in [1.54, 1.807) is 0 Å². The third-order valence-corrected chi connectivity index (χ3v) is 5.53. The van der Waals surface area contributed by atoms with Gasteiger partial charge in [-0.25, -0.2) is 0 Å². The molecule has 2 N–H and O–H groups in total. The van der Waals surface area contributed by atoms with Gasteiger partial charge in [0.25, 0.3) is 0 Å². The summed E-state index contributed by atoms with van der Waals surface area (Å²) in [6.07, 6.45) is 2.02. The zero-order valence-electron chi connectivity index (χ0n) is 12.9. The molecule has 1 aliphatic carbocycles. The first-order valence-corrected chi connectivity index (χ1v) is 7.53. The Morgan fingerprint density at radius 2 is 2.11 bits per heavy atom. The van der Waals surface area contributed by atoms with Crippen LogP contribution in [0.25, 0.3) is 0 Å². The summed E-state index contributed by atoms with van der Waals surface area (Å²) >= 11 is 0. The average molecular weight is 268 g/mol. The van der Waals surface area contributed by atoms with Gasteiger partial charge in [0.05, 0.1) is 6.10 Å². The Morgan fingerprint density at radius 1 is 1.47 bits per heavy atom. The molecule has 0 spiro atoms. The SMILES string of the molecule is CCC(C)N(CC)C(=O)C1(N)C2CCOC2C1(C)C. The molecule has 4 unspecified atom stereocenters. The Hall–Kier alpha value is -0.610. The lowest BCUT2D eigenvalue weighted by atomic mass is 9.47. The third-order valence-electron chi connectivity index (χ3n) is 5.53. The molecule has 110 valence electrons. The maximum absolute atomic E-state index is 13.0. The Labute approximate surface area is 116 Å². The van der Waals surface area contributed by atoms with Gasteiger partial charge in [-0.3, -0.25) is 4.79 Å². The molecule has 0 radical (unpaired) electrons. The Bertz CT molecular complexity index is 369. The van der Waals surface area contributed by atoms with E-state index in [4.69, 9.17) is 10.5 Å². The number of nitrogens with zero attached hydrogens (tertiary/aromatic N) is 1. The highest BCUT2D eigenvalue weighted by Gasteiger charge is 2.71. The van der Waals surface area contributed by atoms with Crippen LogP contribution in [0, 0.1) is 11.3 Å². The Balaban J connectivity index is 2.26. The van der Waals surface area contributed by atoms with Crippen molar-refractivity contribution in [1.82, 2.24) is 4.90 Å². The van der Waals surface area contributed by atoms with Gasteiger partial charge in [-0.15, -0.1) is 0 Å². The van der Waals surface area contributed by atoms with Gasteiger partial charge >= 0.3 is 0 Å². The molecule has 1 aliphatic heterocycles. The molecule has 0 bridgehead atoms. The maximum atomic E-state index is 13.0. The third kappa shape index (κ3) is 1.76. The molecule has 1 saturated carbocycles. The molecule has 4 heteroatoms. The lowest BCUT2D eigenvalue weighted by Gasteiger charge is -2.62. The predicted octanol–water partition coefficient (Wildman–Crippen LogP) is 1.78. The number of nitrogens with two attached hydrogens (primary N) is 1. The van der Waals surface area contributed by atoms with E-state index in [1.165, 1.54) is 0 Å². The van der Waals surface area contributed by atoms with Crippen molar-refractivity contribution in [2.45, 2.75) is 65.1 Å². The van der Waals surface area contributed by atoms with Crippen LogP contribution in [0.3, 0.4) is 0 Å². The molecule has 4 atom stereocenters. The first-order valence-electron chi connectivity index (χ1n) is 7.53. The molecule has 0 aromatic carbocycles. The van der Waals surface area contributed by atoms with Crippen molar-refractivity contribution in [1.29, 1.82) is 0 Å². The highest BCUT2D eigenvalue weighted by Crippen LogP contribution is 2.58. The van der Waals surface area contributed by atoms with Crippen LogP contribution in [-0.2, 0) is 9.53 Å². The van der Waals surface area contributed by atoms with E-state index < -0.39 is 5.54 Å². The number of carbonyl (C=O) groups excluding carboxylic acids is 1. The summed E-state index contributed by atoms with van der Waals surface area (Å²) < 4.78 is 5.76. The normalized spacial score (nSPS) is 37.4. The number of amides is 1. The number of fused-ring (bicyclic) bond motifs is 1. The largest absolute Gasteiger partial charge is 0.377 e. The van der Waals surface area contributed by atoms with Crippen LogP contribution in [0.15, 0.2) is 0 Å². The molecule has 0 aromatic heterocycles. The summed E-state index contributed by atoms with van der Waals surface area (Å²) in [4.78, 5) is 14.9. The first kappa shape index (κ1) is 14.8. The van der Waals surface area contributed by atoms with E-state index in [1.807, 2.05) is 11.8 Å². The summed E-state index contributed by atoms with van der Waals surface area (Å²) in [5.41, 5.74) is 5.58. The highest BCUT2D eigenvalue weighted by molar-refractivity contribution is 5.90. The van der Waals surface area contributed by atoms with Crippen LogP contribution < -0.4 is 5.73 Å². The highest BCUT2D eigenvalue weighted by atomic mass is 16.5. The molecule has 2 rings (SSSR count). The van der Waals surface area contributed by atoms with E-state index in [-0.39, 0.29) is 29.4 Å². The van der Waals surface area contributed by atoms with E-state index >= 15 is 0 Å². The van der Waals surface area contributed by atoms with Gasteiger partial charge in [-0.1, -0.05) is 20.8 Å². The van der Waals surface area contributed by atoms with E-state index in [9.17, 15) is 4.79 Å². The van der Waals surface area contributed by atoms with Gasteiger partial charge in [-0.2, -0.15) is 0 Å². The zero-order valence-corrected chi connectivity index (χ0v) is 12.9. The smallest absolute Gasteiger partial charge is 0.243 e. The molecule has 4 nitrogen and oxygen atoms in total. The molecule has 1 heterocycles. The van der Waals surface area contributed by atoms with Gasteiger partial charge in [0.1, 0.15) is 5.54 Å². The first-order chi connectivity index (χ1) is 8.82. The van der Waals surface area contributed by atoms with Crippen molar-refractivity contribution < 1.29 is 9.53 Å². The second-order valence-electron chi connectivity index (χ2n) is 6.63. The number of hydrogen-bond donors (Lipinski definition) is 1. The van der Waals surface area contributed by atoms with E-state index in [0.717, 1.165) is 26.0 Å². The van der Waals surface area contributed by atoms with Crippen molar-refractivity contribution in [3.63, 3.8) is 0 Å². The predicted molar refractivity (Wildman–Crippen MR) is 75.7 cm³/mol. The van der Waals surface area contributed by atoms with E-state index in [2.05, 4.69) is 27.7 Å². The topological polar surface area (TPSA) is 55.6 Å². The van der Waals surface area contributed by atoms with Gasteiger partial charge in [-0.05, 0) is 26.7 Å². The number of likely N-dealkylation sites (N-methyl/N-ethyl adjacent to an activating group) is 1. The Morgan fingerprint density at radius 3 is 2.63 bits per heavy atom. The molecule has 19 heavy (non-hydrogen) atoms. The van der Waals surface area contributed by atoms with Crippen molar-refractivity contribution in [2.75, 3.05) is 13.2 Å². The number of carbonyl (C=O) groups is 1. The van der Waals surface area contributed by atoms with Gasteiger partial charge in [0.15, 0.2) is 0 Å². The van der Waals surface area contributed by atoms with Crippen LogP contribution in [0.1, 0.15) is 47.5 Å². The molecule has 0 aromatic rings. The van der Waals surface area contributed by atoms with Crippen LogP contribution >= 0.6 is 0 Å². The van der Waals surface area contributed by atoms with Crippen molar-refractivity contribution >= 4 is 5.91 Å². The van der Waals surface area contributed by atoms with Crippen molar-refractivity contribution in [3.8, 4) is 0 Å². The van der Waals surface area contributed by atoms with Crippen LogP contribution in [-0.4, -0.2) is 41.6 Å². The molecular formula is C15H28N2O2. The summed E-state index contributed by atoms with van der Waals surface area (Å²) in [6.45, 7) is 11.8. The minimum atomic E-state index is -0.756. The van der Waals surface area contributed by atoms with E-state index in [0.29, 0.717) is 0 Å². The molecule has 2 fully saturated rings. The zero-order chi connectivity index (χ0) is 14.4. The second kappa shape index (κ2) is 4.74. The van der Waals surface area contributed by atoms with Crippen LogP contribution in [0.4, 0.5) is 0 Å². The second-order valence-corrected chi connectivity index (χ2v) is 6.63. The van der Waals surface area contributed by atoms with Crippen molar-refractivity contribution in [3.05, 3.63) is 0 Å². The molecule has 1 saturated heterocycles. The van der Waals surface area contributed by atoms with Crippen molar-refractivity contribution in [2.24, 2.45) is 17.1 Å². The summed E-state index contributed by atoms with van der Waals surface area (Å²) in [7, 11) is 0. The summed E-state index contributed by atoms with van der Waals surface area (Å²) in [5.74, 6) is 0.300. The summed E-state index contributed by atoms with van der Waals surface area (Å²) in [6, 6.07) is 0.245. The molecule has 2 aliphatic rings. The fourth-order valence-corrected chi connectivity index (χ4v) is 3.93. The standard InChI is InChI=1S/C15H28N2O2/c1-6-10(3)17(7-2)13(18)15(16)11-8-9-19-12(11)14(15,4)5/h10-12H,6-9,16H2,1-5H3. The monoisotopic (exact) mass is 268 g/mol. The fraction of sp³-hybridized carbons (Fsp3) is 0.933. The molecule has 1 amide bonds. The van der Waals surface area contributed by atoms with Gasteiger partial charge < -0.3 is 15.4 Å². The number of ether oxygens (including phenoxy) is 1. The Kier molecular flexibility index (Phi) is 3.69. The van der Waals surface area contributed by atoms with Crippen LogP contribution in [0.2, 0.25) is 0 Å². The average Bonchev–Trinajstić information content (AvgIpc) is 2.86. The molecular weight excluding hydrogens is 240 g/mol. The quantitative estimate of drug-likeness (QED) is 0.845. The van der Waals surface area contributed by atoms with Crippen LogP contribution in [0.5, 0.6) is 0 Å². The number of rotatable bonds is 4. The van der Waals surface area contributed by atoms with Gasteiger partial charge in [0, 0.05) is 30.5 Å². The lowest BCUT2D eigenvalue weighted by molar-refractivity contribution is -0.185. The minimum Gasteiger partial charge on any atom is -0.377 e. The minimum absolute atomic E-state index is 0.112. The maximum Gasteiger partial charge on any atom is 0.243 e. The number of hydrogen-bond acceptors (Lipinski definition) is 3.